The van der Waals surface area contributed by atoms with Crippen molar-refractivity contribution in [2.45, 2.75) is 13.5 Å². The number of benzene rings is 2. The second kappa shape index (κ2) is 6.70. The summed E-state index contributed by atoms with van der Waals surface area (Å²) < 4.78 is 10.9. The maximum absolute atomic E-state index is 11.4. The third kappa shape index (κ3) is 3.69. The summed E-state index contributed by atoms with van der Waals surface area (Å²) in [5.74, 6) is 1.31. The van der Waals surface area contributed by atoms with Crippen molar-refractivity contribution >= 4 is 12.1 Å². The van der Waals surface area contributed by atoms with Gasteiger partial charge in [-0.1, -0.05) is 0 Å². The van der Waals surface area contributed by atoms with Gasteiger partial charge < -0.3 is 9.47 Å². The molecular weight excluding hydrogens is 268 g/mol. The molecule has 2 aromatic carbocycles. The Kier molecular flexibility index (Phi) is 4.72. The lowest BCUT2D eigenvalue weighted by molar-refractivity contribution is 0.101. The maximum atomic E-state index is 11.4. The number of rotatable bonds is 6. The Morgan fingerprint density at radius 1 is 1.14 bits per heavy atom. The van der Waals surface area contributed by atoms with E-state index >= 15 is 0 Å². The van der Waals surface area contributed by atoms with Crippen LogP contribution in [0.5, 0.6) is 11.5 Å². The molecule has 4 nitrogen and oxygen atoms in total. The lowest BCUT2D eigenvalue weighted by atomic mass is 10.1. The molecule has 21 heavy (non-hydrogen) atoms. The van der Waals surface area contributed by atoms with Crippen LogP contribution in [0.4, 0.5) is 0 Å². The van der Waals surface area contributed by atoms with Gasteiger partial charge in [-0.3, -0.25) is 9.59 Å². The minimum atomic E-state index is -0.00533. The van der Waals surface area contributed by atoms with E-state index in [2.05, 4.69) is 0 Å². The molecule has 108 valence electrons. The number of hydrogen-bond donors (Lipinski definition) is 0. The zero-order chi connectivity index (χ0) is 15.2. The summed E-state index contributed by atoms with van der Waals surface area (Å²) in [5.41, 5.74) is 2.01. The Labute approximate surface area is 123 Å². The monoisotopic (exact) mass is 284 g/mol. The highest BCUT2D eigenvalue weighted by atomic mass is 16.5. The Bertz CT molecular complexity index is 644. The molecule has 0 saturated carbocycles. The number of ketones is 1. The third-order valence-corrected chi connectivity index (χ3v) is 3.10. The molecule has 0 aromatic heterocycles. The molecule has 0 N–H and O–H groups in total. The van der Waals surface area contributed by atoms with Crippen LogP contribution < -0.4 is 9.47 Å². The first-order chi connectivity index (χ1) is 10.1. The Morgan fingerprint density at radius 2 is 1.86 bits per heavy atom. The molecule has 0 aliphatic rings. The van der Waals surface area contributed by atoms with Crippen LogP contribution in [0.3, 0.4) is 0 Å². The number of Topliss-reactive ketones (excluding diaryl/α,β-unsaturated/α-hetero) is 1. The van der Waals surface area contributed by atoms with Gasteiger partial charge in [-0.25, -0.2) is 0 Å². The fraction of sp³-hybridized carbons (Fsp3) is 0.176. The second-order valence-electron chi connectivity index (χ2n) is 4.56. The van der Waals surface area contributed by atoms with E-state index in [9.17, 15) is 9.59 Å². The Morgan fingerprint density at radius 3 is 2.43 bits per heavy atom. The Balaban J connectivity index is 2.15. The largest absolute Gasteiger partial charge is 0.496 e. The van der Waals surface area contributed by atoms with Crippen LogP contribution >= 0.6 is 0 Å². The predicted octanol–water partition coefficient (Wildman–Crippen LogP) is 3.29. The average Bonchev–Trinajstić information content (AvgIpc) is 2.53. The molecule has 0 heterocycles. The number of aldehydes is 1. The van der Waals surface area contributed by atoms with Gasteiger partial charge in [-0.2, -0.15) is 0 Å². The van der Waals surface area contributed by atoms with Crippen LogP contribution in [0.1, 0.15) is 33.2 Å². The molecule has 2 rings (SSSR count). The average molecular weight is 284 g/mol. The molecular formula is C17H16O4. The molecule has 0 saturated heterocycles. The molecule has 0 bridgehead atoms. The summed E-state index contributed by atoms with van der Waals surface area (Å²) in [6.45, 7) is 1.80. The van der Waals surface area contributed by atoms with E-state index in [4.69, 9.17) is 9.47 Å². The third-order valence-electron chi connectivity index (χ3n) is 3.10. The van der Waals surface area contributed by atoms with Crippen LogP contribution in [0, 0.1) is 0 Å². The Hall–Kier alpha value is -2.62. The van der Waals surface area contributed by atoms with Crippen molar-refractivity contribution in [2.75, 3.05) is 7.11 Å². The van der Waals surface area contributed by atoms with E-state index in [1.807, 2.05) is 0 Å². The van der Waals surface area contributed by atoms with Gasteiger partial charge in [0.1, 0.15) is 24.4 Å². The summed E-state index contributed by atoms with van der Waals surface area (Å²) in [6.07, 6.45) is 0.781. The minimum Gasteiger partial charge on any atom is -0.496 e. The van der Waals surface area contributed by atoms with Crippen molar-refractivity contribution in [3.8, 4) is 11.5 Å². The van der Waals surface area contributed by atoms with Crippen LogP contribution in [0.25, 0.3) is 0 Å². The quantitative estimate of drug-likeness (QED) is 0.603. The maximum Gasteiger partial charge on any atom is 0.159 e. The van der Waals surface area contributed by atoms with E-state index in [-0.39, 0.29) is 12.4 Å². The van der Waals surface area contributed by atoms with Gasteiger partial charge in [-0.05, 0) is 49.4 Å². The molecule has 0 aliphatic heterocycles. The highest BCUT2D eigenvalue weighted by molar-refractivity contribution is 5.94. The van der Waals surface area contributed by atoms with Crippen LogP contribution in [0.15, 0.2) is 42.5 Å². The van der Waals surface area contributed by atoms with Crippen LogP contribution in [-0.2, 0) is 6.61 Å². The van der Waals surface area contributed by atoms with Gasteiger partial charge in [-0.15, -0.1) is 0 Å². The highest BCUT2D eigenvalue weighted by Gasteiger charge is 2.08. The SMILES string of the molecule is COc1ccc(C(C)=O)cc1COc1ccc(C=O)cc1. The van der Waals surface area contributed by atoms with Crippen molar-refractivity contribution in [3.05, 3.63) is 59.2 Å². The zero-order valence-corrected chi connectivity index (χ0v) is 12.0. The zero-order valence-electron chi connectivity index (χ0n) is 12.0. The van der Waals surface area contributed by atoms with Crippen molar-refractivity contribution in [1.82, 2.24) is 0 Å². The van der Waals surface area contributed by atoms with Crippen molar-refractivity contribution < 1.29 is 19.1 Å². The van der Waals surface area contributed by atoms with Crippen LogP contribution in [0.2, 0.25) is 0 Å². The van der Waals surface area contributed by atoms with Gasteiger partial charge in [0.25, 0.3) is 0 Å². The lowest BCUT2D eigenvalue weighted by Crippen LogP contribution is -2.02. The highest BCUT2D eigenvalue weighted by Crippen LogP contribution is 2.22. The second-order valence-corrected chi connectivity index (χ2v) is 4.56. The van der Waals surface area contributed by atoms with E-state index in [0.29, 0.717) is 22.6 Å². The van der Waals surface area contributed by atoms with Crippen molar-refractivity contribution in [1.29, 1.82) is 0 Å². The molecule has 2 aromatic rings. The van der Waals surface area contributed by atoms with E-state index in [1.165, 1.54) is 6.92 Å². The summed E-state index contributed by atoms with van der Waals surface area (Å²) in [6, 6.07) is 12.1. The fourth-order valence-corrected chi connectivity index (χ4v) is 1.91. The van der Waals surface area contributed by atoms with Crippen molar-refractivity contribution in [3.63, 3.8) is 0 Å². The number of ether oxygens (including phenoxy) is 2. The first kappa shape index (κ1) is 14.8. The fourth-order valence-electron chi connectivity index (χ4n) is 1.91. The smallest absolute Gasteiger partial charge is 0.159 e. The first-order valence-electron chi connectivity index (χ1n) is 6.50. The minimum absolute atomic E-state index is 0.00533. The predicted molar refractivity (Wildman–Crippen MR) is 79.2 cm³/mol. The van der Waals surface area contributed by atoms with Gasteiger partial charge in [0.05, 0.1) is 7.11 Å². The molecule has 0 atom stereocenters. The van der Waals surface area contributed by atoms with Crippen LogP contribution in [-0.4, -0.2) is 19.2 Å². The van der Waals surface area contributed by atoms with E-state index in [1.54, 1.807) is 49.6 Å². The summed E-state index contributed by atoms with van der Waals surface area (Å²) >= 11 is 0. The molecule has 0 aliphatic carbocycles. The summed E-state index contributed by atoms with van der Waals surface area (Å²) in [7, 11) is 1.57. The number of carbonyl (C=O) groups is 2. The number of carbonyl (C=O) groups excluding carboxylic acids is 2. The van der Waals surface area contributed by atoms with Gasteiger partial charge in [0.15, 0.2) is 5.78 Å². The van der Waals surface area contributed by atoms with Gasteiger partial charge in [0, 0.05) is 16.7 Å². The number of methoxy groups -OCH3 is 1. The standard InChI is InChI=1S/C17H16O4/c1-12(19)14-5-8-17(20-2)15(9-14)11-21-16-6-3-13(10-18)4-7-16/h3-10H,11H2,1-2H3. The molecule has 0 fully saturated rings. The molecule has 4 heteroatoms. The molecule has 0 unspecified atom stereocenters. The van der Waals surface area contributed by atoms with Gasteiger partial charge in [0.2, 0.25) is 0 Å². The molecule has 0 spiro atoms. The first-order valence-corrected chi connectivity index (χ1v) is 6.50. The summed E-state index contributed by atoms with van der Waals surface area (Å²) in [5, 5.41) is 0. The lowest BCUT2D eigenvalue weighted by Gasteiger charge is -2.11. The van der Waals surface area contributed by atoms with Crippen molar-refractivity contribution in [2.24, 2.45) is 0 Å². The summed E-state index contributed by atoms with van der Waals surface area (Å²) in [4.78, 5) is 22.0. The molecule has 0 amide bonds. The van der Waals surface area contributed by atoms with E-state index < -0.39 is 0 Å². The number of hydrogen-bond acceptors (Lipinski definition) is 4. The topological polar surface area (TPSA) is 52.6 Å². The normalized spacial score (nSPS) is 10.0. The molecule has 0 radical (unpaired) electrons. The van der Waals surface area contributed by atoms with Gasteiger partial charge >= 0.3 is 0 Å². The van der Waals surface area contributed by atoms with E-state index in [0.717, 1.165) is 11.8 Å².